The summed E-state index contributed by atoms with van der Waals surface area (Å²) in [5, 5.41) is 3.57. The van der Waals surface area contributed by atoms with Crippen molar-refractivity contribution in [1.29, 1.82) is 0 Å². The molecule has 21 heavy (non-hydrogen) atoms. The van der Waals surface area contributed by atoms with E-state index in [1.807, 2.05) is 24.3 Å². The van der Waals surface area contributed by atoms with Crippen LogP contribution in [0, 0.1) is 0 Å². The number of anilines is 1. The smallest absolute Gasteiger partial charge is 0.259 e. The highest BCUT2D eigenvalue weighted by Crippen LogP contribution is 2.26. The first-order valence-corrected chi connectivity index (χ1v) is 7.49. The number of nitrogens with one attached hydrogen (secondary N) is 1. The van der Waals surface area contributed by atoms with Crippen LogP contribution in [0.3, 0.4) is 0 Å². The molecule has 0 unspecified atom stereocenters. The highest BCUT2D eigenvalue weighted by Gasteiger charge is 2.14. The van der Waals surface area contributed by atoms with E-state index in [0.29, 0.717) is 22.4 Å². The van der Waals surface area contributed by atoms with Gasteiger partial charge < -0.3 is 14.8 Å². The summed E-state index contributed by atoms with van der Waals surface area (Å²) in [6.07, 6.45) is 0. The van der Waals surface area contributed by atoms with Crippen LogP contribution in [0.4, 0.5) is 5.69 Å². The highest BCUT2D eigenvalue weighted by atomic mass is 79.9. The van der Waals surface area contributed by atoms with E-state index in [9.17, 15) is 4.79 Å². The van der Waals surface area contributed by atoms with Gasteiger partial charge in [-0.05, 0) is 23.8 Å². The first-order valence-electron chi connectivity index (χ1n) is 6.37. The van der Waals surface area contributed by atoms with E-state index in [-0.39, 0.29) is 5.91 Å². The van der Waals surface area contributed by atoms with E-state index in [1.54, 1.807) is 25.3 Å². The third kappa shape index (κ3) is 3.55. The molecule has 4 nitrogen and oxygen atoms in total. The van der Waals surface area contributed by atoms with Gasteiger partial charge in [0.25, 0.3) is 5.91 Å². The molecule has 0 aliphatic heterocycles. The van der Waals surface area contributed by atoms with Crippen LogP contribution >= 0.6 is 15.9 Å². The fraction of sp³-hybridized carbons (Fsp3) is 0.188. The van der Waals surface area contributed by atoms with Gasteiger partial charge in [0.1, 0.15) is 11.5 Å². The topological polar surface area (TPSA) is 47.6 Å². The van der Waals surface area contributed by atoms with Crippen LogP contribution < -0.4 is 14.8 Å². The number of ether oxygens (including phenoxy) is 2. The Morgan fingerprint density at radius 3 is 2.57 bits per heavy atom. The van der Waals surface area contributed by atoms with Crippen molar-refractivity contribution in [2.75, 3.05) is 19.5 Å². The van der Waals surface area contributed by atoms with E-state index in [2.05, 4.69) is 21.2 Å². The van der Waals surface area contributed by atoms with Crippen molar-refractivity contribution in [3.8, 4) is 11.5 Å². The molecule has 0 aliphatic carbocycles. The SMILES string of the molecule is COc1ccc(C(=O)Nc2ccccc2CBr)c(OC)c1. The molecule has 0 saturated carbocycles. The molecule has 1 amide bonds. The number of carbonyl (C=O) groups excluding carboxylic acids is 1. The lowest BCUT2D eigenvalue weighted by atomic mass is 10.1. The molecule has 5 heteroatoms. The van der Waals surface area contributed by atoms with Crippen molar-refractivity contribution in [1.82, 2.24) is 0 Å². The molecular weight excluding hydrogens is 334 g/mol. The highest BCUT2D eigenvalue weighted by molar-refractivity contribution is 9.08. The first-order chi connectivity index (χ1) is 10.2. The number of halogens is 1. The Labute approximate surface area is 132 Å². The van der Waals surface area contributed by atoms with Crippen molar-refractivity contribution >= 4 is 27.5 Å². The number of hydrogen-bond donors (Lipinski definition) is 1. The number of alkyl halides is 1. The average molecular weight is 350 g/mol. The van der Waals surface area contributed by atoms with Crippen LogP contribution in [0.25, 0.3) is 0 Å². The Morgan fingerprint density at radius 2 is 1.90 bits per heavy atom. The van der Waals surface area contributed by atoms with E-state index in [4.69, 9.17) is 9.47 Å². The maximum absolute atomic E-state index is 12.4. The number of methoxy groups -OCH3 is 2. The quantitative estimate of drug-likeness (QED) is 0.834. The number of benzene rings is 2. The normalized spacial score (nSPS) is 10.0. The van der Waals surface area contributed by atoms with Gasteiger partial charge in [-0.15, -0.1) is 0 Å². The second kappa shape index (κ2) is 7.13. The molecule has 0 aliphatic rings. The van der Waals surface area contributed by atoms with Crippen molar-refractivity contribution in [3.63, 3.8) is 0 Å². The Kier molecular flexibility index (Phi) is 5.22. The molecule has 0 radical (unpaired) electrons. The van der Waals surface area contributed by atoms with Gasteiger partial charge in [-0.1, -0.05) is 34.1 Å². The van der Waals surface area contributed by atoms with E-state index in [0.717, 1.165) is 11.3 Å². The van der Waals surface area contributed by atoms with Crippen molar-refractivity contribution in [2.24, 2.45) is 0 Å². The lowest BCUT2D eigenvalue weighted by Crippen LogP contribution is -2.14. The molecule has 0 aromatic heterocycles. The summed E-state index contributed by atoms with van der Waals surface area (Å²) in [4.78, 5) is 12.4. The first kappa shape index (κ1) is 15.4. The van der Waals surface area contributed by atoms with Gasteiger partial charge in [0.05, 0.1) is 19.8 Å². The van der Waals surface area contributed by atoms with Crippen molar-refractivity contribution < 1.29 is 14.3 Å². The van der Waals surface area contributed by atoms with Crippen LogP contribution in [0.2, 0.25) is 0 Å². The van der Waals surface area contributed by atoms with Crippen LogP contribution in [0.1, 0.15) is 15.9 Å². The molecule has 0 fully saturated rings. The number of rotatable bonds is 5. The monoisotopic (exact) mass is 349 g/mol. The molecule has 0 saturated heterocycles. The summed E-state index contributed by atoms with van der Waals surface area (Å²) in [6.45, 7) is 0. The van der Waals surface area contributed by atoms with Gasteiger partial charge in [-0.3, -0.25) is 4.79 Å². The number of para-hydroxylation sites is 1. The molecule has 2 aromatic carbocycles. The maximum Gasteiger partial charge on any atom is 0.259 e. The van der Waals surface area contributed by atoms with Crippen molar-refractivity contribution in [2.45, 2.75) is 5.33 Å². The standard InChI is InChI=1S/C16H16BrNO3/c1-20-12-7-8-13(15(9-12)21-2)16(19)18-14-6-4-3-5-11(14)10-17/h3-9H,10H2,1-2H3,(H,18,19). The molecule has 2 rings (SSSR count). The van der Waals surface area contributed by atoms with E-state index in [1.165, 1.54) is 7.11 Å². The van der Waals surface area contributed by atoms with Gasteiger partial charge in [-0.2, -0.15) is 0 Å². The second-order valence-corrected chi connectivity index (χ2v) is 4.87. The summed E-state index contributed by atoms with van der Waals surface area (Å²) in [6, 6.07) is 12.7. The fourth-order valence-electron chi connectivity index (χ4n) is 1.93. The summed E-state index contributed by atoms with van der Waals surface area (Å²) in [5.74, 6) is 0.898. The number of carbonyl (C=O) groups is 1. The molecule has 0 bridgehead atoms. The third-order valence-electron chi connectivity index (χ3n) is 3.06. The van der Waals surface area contributed by atoms with Gasteiger partial charge in [0, 0.05) is 17.1 Å². The average Bonchev–Trinajstić information content (AvgIpc) is 2.54. The van der Waals surface area contributed by atoms with Gasteiger partial charge >= 0.3 is 0 Å². The molecule has 0 atom stereocenters. The number of amides is 1. The number of hydrogen-bond acceptors (Lipinski definition) is 3. The second-order valence-electron chi connectivity index (χ2n) is 4.31. The lowest BCUT2D eigenvalue weighted by Gasteiger charge is -2.12. The van der Waals surface area contributed by atoms with Crippen LogP contribution in [-0.2, 0) is 5.33 Å². The van der Waals surface area contributed by atoms with E-state index < -0.39 is 0 Å². The third-order valence-corrected chi connectivity index (χ3v) is 3.67. The fourth-order valence-corrected chi connectivity index (χ4v) is 2.42. The largest absolute Gasteiger partial charge is 0.497 e. The molecule has 1 N–H and O–H groups in total. The molecule has 0 spiro atoms. The van der Waals surface area contributed by atoms with Gasteiger partial charge in [-0.25, -0.2) is 0 Å². The zero-order valence-electron chi connectivity index (χ0n) is 11.9. The molecule has 110 valence electrons. The zero-order valence-corrected chi connectivity index (χ0v) is 13.4. The van der Waals surface area contributed by atoms with Crippen LogP contribution in [0.5, 0.6) is 11.5 Å². The van der Waals surface area contributed by atoms with Gasteiger partial charge in [0.2, 0.25) is 0 Å². The van der Waals surface area contributed by atoms with Crippen LogP contribution in [0.15, 0.2) is 42.5 Å². The predicted molar refractivity (Wildman–Crippen MR) is 86.6 cm³/mol. The van der Waals surface area contributed by atoms with Crippen molar-refractivity contribution in [3.05, 3.63) is 53.6 Å². The minimum Gasteiger partial charge on any atom is -0.497 e. The Bertz CT molecular complexity index is 643. The van der Waals surface area contributed by atoms with E-state index >= 15 is 0 Å². The minimum atomic E-state index is -0.220. The lowest BCUT2D eigenvalue weighted by molar-refractivity contribution is 0.102. The van der Waals surface area contributed by atoms with Crippen LogP contribution in [-0.4, -0.2) is 20.1 Å². The molecule has 0 heterocycles. The van der Waals surface area contributed by atoms with Gasteiger partial charge in [0.15, 0.2) is 0 Å². The maximum atomic E-state index is 12.4. The minimum absolute atomic E-state index is 0.220. The molecular formula is C16H16BrNO3. The Hall–Kier alpha value is -2.01. The predicted octanol–water partition coefficient (Wildman–Crippen LogP) is 3.85. The summed E-state index contributed by atoms with van der Waals surface area (Å²) < 4.78 is 10.4. The molecule has 2 aromatic rings. The summed E-state index contributed by atoms with van der Waals surface area (Å²) in [7, 11) is 3.10. The summed E-state index contributed by atoms with van der Waals surface area (Å²) in [5.41, 5.74) is 2.25. The Morgan fingerprint density at radius 1 is 1.14 bits per heavy atom. The summed E-state index contributed by atoms with van der Waals surface area (Å²) >= 11 is 3.41. The zero-order chi connectivity index (χ0) is 15.2. The Balaban J connectivity index is 2.28.